The SMILES string of the molecule is Cc1nc(N[C@@H]2C[C@@H]3CC[C@H]2C3)c2c(C)nn(C)c2n1. The summed E-state index contributed by atoms with van der Waals surface area (Å²) in [7, 11) is 1.95. The average Bonchev–Trinajstić information content (AvgIpc) is 3.05. The molecule has 5 nitrogen and oxygen atoms in total. The standard InChI is InChI=1S/C15H21N5/c1-8-13-14(16-9(2)17-15(13)20(3)19-8)18-12-7-10-4-5-11(12)6-10/h10-12H,4-7H2,1-3H3,(H,16,17,18)/t10-,11+,12-/m1/s1. The van der Waals surface area contributed by atoms with Gasteiger partial charge in [-0.1, -0.05) is 6.42 Å². The summed E-state index contributed by atoms with van der Waals surface area (Å²) in [6, 6.07) is 0.589. The molecule has 0 unspecified atom stereocenters. The number of nitrogens with one attached hydrogen (secondary N) is 1. The fourth-order valence-corrected chi connectivity index (χ4v) is 4.15. The molecule has 0 aromatic carbocycles. The molecule has 2 aliphatic carbocycles. The Labute approximate surface area is 118 Å². The van der Waals surface area contributed by atoms with Crippen LogP contribution in [0.4, 0.5) is 5.82 Å². The van der Waals surface area contributed by atoms with Gasteiger partial charge in [0.2, 0.25) is 0 Å². The molecule has 2 heterocycles. The molecule has 2 aromatic rings. The number of rotatable bonds is 2. The van der Waals surface area contributed by atoms with Crippen molar-refractivity contribution in [1.29, 1.82) is 0 Å². The number of hydrogen-bond acceptors (Lipinski definition) is 4. The van der Waals surface area contributed by atoms with Crippen LogP contribution in [0.15, 0.2) is 0 Å². The third-order valence-corrected chi connectivity index (χ3v) is 5.03. The lowest BCUT2D eigenvalue weighted by molar-refractivity contribution is 0.439. The van der Waals surface area contributed by atoms with Gasteiger partial charge in [-0.15, -0.1) is 0 Å². The largest absolute Gasteiger partial charge is 0.366 e. The number of hydrogen-bond donors (Lipinski definition) is 1. The Balaban J connectivity index is 1.75. The van der Waals surface area contributed by atoms with Crippen molar-refractivity contribution < 1.29 is 0 Å². The van der Waals surface area contributed by atoms with Crippen molar-refractivity contribution in [3.8, 4) is 0 Å². The van der Waals surface area contributed by atoms with E-state index in [1.165, 1.54) is 25.7 Å². The van der Waals surface area contributed by atoms with Crippen LogP contribution < -0.4 is 5.32 Å². The van der Waals surface area contributed by atoms with Crippen molar-refractivity contribution in [3.63, 3.8) is 0 Å². The highest BCUT2D eigenvalue weighted by Gasteiger charge is 2.39. The molecule has 2 bridgehead atoms. The van der Waals surface area contributed by atoms with Crippen molar-refractivity contribution in [1.82, 2.24) is 19.7 Å². The van der Waals surface area contributed by atoms with Gasteiger partial charge in [0.05, 0.1) is 11.1 Å². The summed E-state index contributed by atoms with van der Waals surface area (Å²) in [6.45, 7) is 3.99. The third kappa shape index (κ3) is 1.72. The highest BCUT2D eigenvalue weighted by atomic mass is 15.3. The molecule has 2 fully saturated rings. The van der Waals surface area contributed by atoms with E-state index in [4.69, 9.17) is 0 Å². The van der Waals surface area contributed by atoms with Crippen molar-refractivity contribution in [3.05, 3.63) is 11.5 Å². The van der Waals surface area contributed by atoms with Gasteiger partial charge >= 0.3 is 0 Å². The van der Waals surface area contributed by atoms with E-state index in [1.807, 2.05) is 25.6 Å². The molecule has 20 heavy (non-hydrogen) atoms. The summed E-state index contributed by atoms with van der Waals surface area (Å²) < 4.78 is 1.85. The van der Waals surface area contributed by atoms with Crippen molar-refractivity contribution in [2.24, 2.45) is 18.9 Å². The summed E-state index contributed by atoms with van der Waals surface area (Å²) in [5.74, 6) is 3.56. The Morgan fingerprint density at radius 2 is 2.00 bits per heavy atom. The van der Waals surface area contributed by atoms with Crippen LogP contribution in [-0.2, 0) is 7.05 Å². The maximum Gasteiger partial charge on any atom is 0.163 e. The first kappa shape index (κ1) is 12.1. The average molecular weight is 271 g/mol. The Bertz CT molecular complexity index is 674. The van der Waals surface area contributed by atoms with Crippen LogP contribution in [0.2, 0.25) is 0 Å². The first-order chi connectivity index (χ1) is 9.61. The first-order valence-electron chi connectivity index (χ1n) is 7.56. The lowest BCUT2D eigenvalue weighted by atomic mass is 9.95. The van der Waals surface area contributed by atoms with Crippen molar-refractivity contribution in [2.75, 3.05) is 5.32 Å². The summed E-state index contributed by atoms with van der Waals surface area (Å²) in [5.41, 5.74) is 1.94. The van der Waals surface area contributed by atoms with E-state index in [2.05, 4.69) is 20.4 Å². The van der Waals surface area contributed by atoms with Gasteiger partial charge in [-0.3, -0.25) is 4.68 Å². The van der Waals surface area contributed by atoms with E-state index in [0.29, 0.717) is 6.04 Å². The lowest BCUT2D eigenvalue weighted by Gasteiger charge is -2.23. The first-order valence-corrected chi connectivity index (χ1v) is 7.56. The number of aromatic nitrogens is 4. The van der Waals surface area contributed by atoms with Crippen LogP contribution >= 0.6 is 0 Å². The molecule has 3 atom stereocenters. The van der Waals surface area contributed by atoms with Gasteiger partial charge < -0.3 is 5.32 Å². The molecular weight excluding hydrogens is 250 g/mol. The monoisotopic (exact) mass is 271 g/mol. The van der Waals surface area contributed by atoms with Crippen LogP contribution in [0.1, 0.15) is 37.2 Å². The summed E-state index contributed by atoms with van der Waals surface area (Å²) in [6.07, 6.45) is 5.50. The zero-order chi connectivity index (χ0) is 13.9. The molecule has 2 aromatic heterocycles. The van der Waals surface area contributed by atoms with Crippen LogP contribution in [-0.4, -0.2) is 25.8 Å². The number of nitrogens with zero attached hydrogens (tertiary/aromatic N) is 4. The summed E-state index contributed by atoms with van der Waals surface area (Å²) in [4.78, 5) is 9.18. The molecule has 2 aliphatic rings. The maximum atomic E-state index is 4.65. The Morgan fingerprint density at radius 1 is 1.15 bits per heavy atom. The van der Waals surface area contributed by atoms with Gasteiger partial charge in [-0.25, -0.2) is 9.97 Å². The summed E-state index contributed by atoms with van der Waals surface area (Å²) >= 11 is 0. The fraction of sp³-hybridized carbons (Fsp3) is 0.667. The van der Waals surface area contributed by atoms with Gasteiger partial charge in [0.15, 0.2) is 5.65 Å². The Hall–Kier alpha value is -1.65. The van der Waals surface area contributed by atoms with Crippen LogP contribution in [0.5, 0.6) is 0 Å². The van der Waals surface area contributed by atoms with E-state index in [9.17, 15) is 0 Å². The zero-order valence-electron chi connectivity index (χ0n) is 12.3. The van der Waals surface area contributed by atoms with E-state index >= 15 is 0 Å². The Morgan fingerprint density at radius 3 is 2.70 bits per heavy atom. The zero-order valence-corrected chi connectivity index (χ0v) is 12.3. The number of aryl methyl sites for hydroxylation is 3. The van der Waals surface area contributed by atoms with Crippen LogP contribution in [0.3, 0.4) is 0 Å². The maximum absolute atomic E-state index is 4.65. The molecular formula is C15H21N5. The van der Waals surface area contributed by atoms with Gasteiger partial charge in [0, 0.05) is 13.1 Å². The van der Waals surface area contributed by atoms with E-state index in [1.54, 1.807) is 0 Å². The van der Waals surface area contributed by atoms with E-state index in [-0.39, 0.29) is 0 Å². The van der Waals surface area contributed by atoms with E-state index in [0.717, 1.165) is 40.2 Å². The smallest absolute Gasteiger partial charge is 0.163 e. The Kier molecular flexibility index (Phi) is 2.53. The second kappa shape index (κ2) is 4.17. The normalized spacial score (nSPS) is 28.4. The van der Waals surface area contributed by atoms with Crippen molar-refractivity contribution in [2.45, 2.75) is 45.6 Å². The highest BCUT2D eigenvalue weighted by molar-refractivity contribution is 5.89. The number of fused-ring (bicyclic) bond motifs is 3. The minimum atomic E-state index is 0.589. The van der Waals surface area contributed by atoms with Crippen LogP contribution in [0.25, 0.3) is 11.0 Å². The topological polar surface area (TPSA) is 55.6 Å². The molecule has 1 N–H and O–H groups in total. The molecule has 2 saturated carbocycles. The molecule has 106 valence electrons. The van der Waals surface area contributed by atoms with E-state index < -0.39 is 0 Å². The quantitative estimate of drug-likeness (QED) is 0.912. The van der Waals surface area contributed by atoms with Gasteiger partial charge in [0.25, 0.3) is 0 Å². The van der Waals surface area contributed by atoms with Crippen LogP contribution in [0, 0.1) is 25.7 Å². The van der Waals surface area contributed by atoms with Gasteiger partial charge in [-0.2, -0.15) is 5.10 Å². The lowest BCUT2D eigenvalue weighted by Crippen LogP contribution is -2.26. The minimum absolute atomic E-state index is 0.589. The summed E-state index contributed by atoms with van der Waals surface area (Å²) in [5, 5.41) is 9.28. The van der Waals surface area contributed by atoms with Crippen molar-refractivity contribution >= 4 is 16.9 Å². The predicted molar refractivity (Wildman–Crippen MR) is 78.6 cm³/mol. The predicted octanol–water partition coefficient (Wildman–Crippen LogP) is 2.58. The second-order valence-corrected chi connectivity index (χ2v) is 6.45. The molecule has 0 aliphatic heterocycles. The van der Waals surface area contributed by atoms with Gasteiger partial charge in [0.1, 0.15) is 11.6 Å². The minimum Gasteiger partial charge on any atom is -0.366 e. The molecule has 5 heteroatoms. The highest BCUT2D eigenvalue weighted by Crippen LogP contribution is 2.45. The van der Waals surface area contributed by atoms with Gasteiger partial charge in [-0.05, 0) is 44.9 Å². The fourth-order valence-electron chi connectivity index (χ4n) is 4.15. The molecule has 0 saturated heterocycles. The molecule has 0 radical (unpaired) electrons. The second-order valence-electron chi connectivity index (χ2n) is 6.45. The third-order valence-electron chi connectivity index (χ3n) is 5.03. The molecule has 0 amide bonds. The molecule has 0 spiro atoms. The molecule has 4 rings (SSSR count). The number of anilines is 1.